The number of carbonyl (C=O) groups is 1. The number of likely N-dealkylation sites (tertiary alicyclic amines) is 2. The van der Waals surface area contributed by atoms with Gasteiger partial charge in [-0.1, -0.05) is 6.42 Å². The molecule has 9 heteroatoms. The highest BCUT2D eigenvalue weighted by Gasteiger charge is 2.72. The molecule has 2 heterocycles. The Kier molecular flexibility index (Phi) is 3.43. The zero-order valence-electron chi connectivity index (χ0n) is 11.7. The maximum absolute atomic E-state index is 13.0. The summed E-state index contributed by atoms with van der Waals surface area (Å²) in [4.78, 5) is 14.4. The Hall–Kier alpha value is -0.990. The lowest BCUT2D eigenvalue weighted by Crippen LogP contribution is -2.61. The minimum Gasteiger partial charge on any atom is -0.326 e. The van der Waals surface area contributed by atoms with Gasteiger partial charge in [0.2, 0.25) is 5.91 Å². The zero-order valence-corrected chi connectivity index (χ0v) is 11.7. The lowest BCUT2D eigenvalue weighted by Gasteiger charge is -2.45. The highest BCUT2D eigenvalue weighted by Crippen LogP contribution is 2.55. The molecule has 3 rings (SSSR count). The van der Waals surface area contributed by atoms with E-state index < -0.39 is 30.7 Å². The average molecular weight is 330 g/mol. The molecule has 1 saturated carbocycles. The van der Waals surface area contributed by atoms with Crippen molar-refractivity contribution in [1.29, 1.82) is 0 Å². The van der Waals surface area contributed by atoms with Crippen LogP contribution >= 0.6 is 0 Å². The Morgan fingerprint density at radius 2 is 1.73 bits per heavy atom. The third-order valence-corrected chi connectivity index (χ3v) is 5.27. The molecule has 0 aromatic carbocycles. The molecule has 2 saturated heterocycles. The Labute approximate surface area is 123 Å². The van der Waals surface area contributed by atoms with Crippen molar-refractivity contribution in [1.82, 2.24) is 9.80 Å². The van der Waals surface area contributed by atoms with E-state index in [1.54, 1.807) is 0 Å². The number of β-lactam (4-membered cyclic amide) rings is 1. The number of nitrogens with zero attached hydrogens (tertiary/aromatic N) is 2. The molecule has 0 aromatic heterocycles. The van der Waals surface area contributed by atoms with Crippen molar-refractivity contribution in [3.63, 3.8) is 0 Å². The Bertz CT molecular complexity index is 460. The molecule has 22 heavy (non-hydrogen) atoms. The summed E-state index contributed by atoms with van der Waals surface area (Å²) in [5.41, 5.74) is -3.68. The summed E-state index contributed by atoms with van der Waals surface area (Å²) in [6, 6.07) is -0.000673. The van der Waals surface area contributed by atoms with Gasteiger partial charge in [-0.25, -0.2) is 0 Å². The van der Waals surface area contributed by atoms with Crippen LogP contribution in [-0.2, 0) is 4.79 Å². The standard InChI is InChI=1S/C13H16F6N2O/c14-12(15,16)11(13(17,18)19)4-5-20(6-11)7-21-9-3-1-2-8(9)10(21)22/h8-9H,1-7H2/t8-,9+/m1/s1. The van der Waals surface area contributed by atoms with Gasteiger partial charge in [0.05, 0.1) is 12.6 Å². The van der Waals surface area contributed by atoms with Crippen LogP contribution in [-0.4, -0.2) is 53.9 Å². The predicted octanol–water partition coefficient (Wildman–Crippen LogP) is 2.77. The summed E-state index contributed by atoms with van der Waals surface area (Å²) in [5.74, 6) is -0.211. The fourth-order valence-corrected chi connectivity index (χ4v) is 3.92. The van der Waals surface area contributed by atoms with Crippen molar-refractivity contribution in [2.75, 3.05) is 19.8 Å². The number of carbonyl (C=O) groups excluding carboxylic acids is 1. The van der Waals surface area contributed by atoms with Crippen molar-refractivity contribution in [3.8, 4) is 0 Å². The predicted molar refractivity (Wildman–Crippen MR) is 63.6 cm³/mol. The van der Waals surface area contributed by atoms with Crippen molar-refractivity contribution in [2.24, 2.45) is 11.3 Å². The van der Waals surface area contributed by atoms with Crippen LogP contribution in [0.2, 0.25) is 0 Å². The molecule has 0 N–H and O–H groups in total. The van der Waals surface area contributed by atoms with Crippen LogP contribution in [0.5, 0.6) is 0 Å². The quantitative estimate of drug-likeness (QED) is 0.574. The Balaban J connectivity index is 1.70. The second-order valence-electron chi connectivity index (χ2n) is 6.43. The topological polar surface area (TPSA) is 23.6 Å². The Morgan fingerprint density at radius 3 is 2.27 bits per heavy atom. The van der Waals surface area contributed by atoms with Gasteiger partial charge < -0.3 is 4.90 Å². The van der Waals surface area contributed by atoms with E-state index in [1.807, 2.05) is 0 Å². The molecule has 0 spiro atoms. The molecule has 0 aromatic rings. The van der Waals surface area contributed by atoms with E-state index in [2.05, 4.69) is 0 Å². The van der Waals surface area contributed by atoms with E-state index in [1.165, 1.54) is 4.90 Å². The van der Waals surface area contributed by atoms with Gasteiger partial charge in [0.1, 0.15) is 0 Å². The van der Waals surface area contributed by atoms with Crippen molar-refractivity contribution in [3.05, 3.63) is 0 Å². The van der Waals surface area contributed by atoms with Gasteiger partial charge in [-0.15, -0.1) is 0 Å². The summed E-state index contributed by atoms with van der Waals surface area (Å²) in [5, 5.41) is 0. The van der Waals surface area contributed by atoms with Gasteiger partial charge in [0.25, 0.3) is 0 Å². The van der Waals surface area contributed by atoms with Gasteiger partial charge >= 0.3 is 12.4 Å². The first kappa shape index (κ1) is 15.9. The van der Waals surface area contributed by atoms with Gasteiger partial charge in [0.15, 0.2) is 5.41 Å². The molecule has 2 aliphatic heterocycles. The first-order valence-electron chi connectivity index (χ1n) is 7.23. The number of fused-ring (bicyclic) bond motifs is 1. The van der Waals surface area contributed by atoms with Crippen LogP contribution in [0, 0.1) is 11.3 Å². The van der Waals surface area contributed by atoms with Crippen LogP contribution < -0.4 is 0 Å². The van der Waals surface area contributed by atoms with Crippen LogP contribution in [0.1, 0.15) is 25.7 Å². The molecule has 3 nitrogen and oxygen atoms in total. The summed E-state index contributed by atoms with van der Waals surface area (Å²) in [7, 11) is 0. The maximum Gasteiger partial charge on any atom is 0.404 e. The minimum atomic E-state index is -5.34. The largest absolute Gasteiger partial charge is 0.404 e. The first-order valence-corrected chi connectivity index (χ1v) is 7.23. The van der Waals surface area contributed by atoms with Crippen molar-refractivity contribution in [2.45, 2.75) is 44.1 Å². The van der Waals surface area contributed by atoms with Gasteiger partial charge in [-0.2, -0.15) is 26.3 Å². The fourth-order valence-electron chi connectivity index (χ4n) is 3.92. The number of hydrogen-bond acceptors (Lipinski definition) is 2. The third kappa shape index (κ3) is 2.11. The fraction of sp³-hybridized carbons (Fsp3) is 0.923. The van der Waals surface area contributed by atoms with Crippen molar-refractivity contribution < 1.29 is 31.1 Å². The molecule has 0 radical (unpaired) electrons. The summed E-state index contributed by atoms with van der Waals surface area (Å²) >= 11 is 0. The normalized spacial score (nSPS) is 32.3. The monoisotopic (exact) mass is 330 g/mol. The van der Waals surface area contributed by atoms with E-state index >= 15 is 0 Å². The molecule has 3 fully saturated rings. The number of rotatable bonds is 2. The van der Waals surface area contributed by atoms with Crippen LogP contribution in [0.4, 0.5) is 26.3 Å². The second-order valence-corrected chi connectivity index (χ2v) is 6.43. The number of alkyl halides is 6. The molecule has 126 valence electrons. The van der Waals surface area contributed by atoms with Gasteiger partial charge in [-0.05, 0) is 19.3 Å². The second kappa shape index (κ2) is 4.75. The van der Waals surface area contributed by atoms with E-state index in [9.17, 15) is 31.1 Å². The number of halogens is 6. The summed E-state index contributed by atoms with van der Waals surface area (Å²) in [6.45, 7) is -1.56. The van der Waals surface area contributed by atoms with Crippen molar-refractivity contribution >= 4 is 5.91 Å². The Morgan fingerprint density at radius 1 is 1.09 bits per heavy atom. The lowest BCUT2D eigenvalue weighted by molar-refractivity contribution is -0.335. The van der Waals surface area contributed by atoms with Crippen LogP contribution in [0.3, 0.4) is 0 Å². The van der Waals surface area contributed by atoms with Crippen LogP contribution in [0.25, 0.3) is 0 Å². The third-order valence-electron chi connectivity index (χ3n) is 5.27. The molecule has 1 amide bonds. The molecule has 0 unspecified atom stereocenters. The van der Waals surface area contributed by atoms with Gasteiger partial charge in [0, 0.05) is 19.1 Å². The molecule has 3 aliphatic rings. The highest BCUT2D eigenvalue weighted by molar-refractivity contribution is 5.86. The highest BCUT2D eigenvalue weighted by atomic mass is 19.4. The number of hydrogen-bond donors (Lipinski definition) is 0. The van der Waals surface area contributed by atoms with E-state index in [4.69, 9.17) is 0 Å². The summed E-state index contributed by atoms with van der Waals surface area (Å²) < 4.78 is 77.9. The lowest BCUT2D eigenvalue weighted by atomic mass is 9.85. The average Bonchev–Trinajstić information content (AvgIpc) is 2.99. The molecule has 0 bridgehead atoms. The van der Waals surface area contributed by atoms with E-state index in [0.29, 0.717) is 0 Å². The van der Waals surface area contributed by atoms with Gasteiger partial charge in [-0.3, -0.25) is 9.69 Å². The maximum atomic E-state index is 13.0. The molecular formula is C13H16F6N2O. The zero-order chi connectivity index (χ0) is 16.3. The summed E-state index contributed by atoms with van der Waals surface area (Å²) in [6.07, 6.45) is -9.24. The molecule has 1 aliphatic carbocycles. The van der Waals surface area contributed by atoms with E-state index in [0.717, 1.165) is 24.2 Å². The van der Waals surface area contributed by atoms with Crippen LogP contribution in [0.15, 0.2) is 0 Å². The SMILES string of the molecule is O=C1[C@@H]2CCC[C@@H]2N1CN1CCC(C(F)(F)F)(C(F)(F)F)C1. The van der Waals surface area contributed by atoms with E-state index in [-0.39, 0.29) is 31.1 Å². The number of amides is 1. The minimum absolute atomic E-state index is 0.000673. The molecule has 2 atom stereocenters. The molecular weight excluding hydrogens is 314 g/mol. The smallest absolute Gasteiger partial charge is 0.326 e. The first-order chi connectivity index (χ1) is 10.1.